The summed E-state index contributed by atoms with van der Waals surface area (Å²) in [6.45, 7) is 6.02. The molecular weight excluding hydrogens is 276 g/mol. The van der Waals surface area contributed by atoms with Gasteiger partial charge in [0.25, 0.3) is 0 Å². The fourth-order valence-electron chi connectivity index (χ4n) is 2.26. The Morgan fingerprint density at radius 3 is 2.25 bits per heavy atom. The summed E-state index contributed by atoms with van der Waals surface area (Å²) in [7, 11) is -3.67. The van der Waals surface area contributed by atoms with Gasteiger partial charge in [-0.3, -0.25) is 4.79 Å². The third-order valence-electron chi connectivity index (χ3n) is 3.90. The van der Waals surface area contributed by atoms with Gasteiger partial charge in [-0.1, -0.05) is 26.0 Å². The van der Waals surface area contributed by atoms with E-state index in [0.717, 1.165) is 12.0 Å². The zero-order valence-corrected chi connectivity index (χ0v) is 12.7. The predicted molar refractivity (Wildman–Crippen MR) is 76.3 cm³/mol. The number of nitrogens with one attached hydrogen (secondary N) is 1. The number of rotatable bonds is 4. The predicted octanol–water partition coefficient (Wildman–Crippen LogP) is 1.56. The molecule has 1 aliphatic rings. The molecule has 5 nitrogen and oxygen atoms in total. The van der Waals surface area contributed by atoms with Crippen molar-refractivity contribution in [1.82, 2.24) is 5.32 Å². The largest absolute Gasteiger partial charge is 0.349 e. The fraction of sp³-hybridized carbons (Fsp3) is 0.500. The summed E-state index contributed by atoms with van der Waals surface area (Å²) < 4.78 is 22.3. The molecule has 6 heteroatoms. The van der Waals surface area contributed by atoms with Crippen molar-refractivity contribution in [3.8, 4) is 0 Å². The quantitative estimate of drug-likeness (QED) is 0.883. The van der Waals surface area contributed by atoms with Crippen LogP contribution in [0.1, 0.15) is 38.8 Å². The number of sulfonamides is 1. The van der Waals surface area contributed by atoms with Crippen molar-refractivity contribution in [2.24, 2.45) is 16.5 Å². The van der Waals surface area contributed by atoms with Crippen LogP contribution in [0.15, 0.2) is 29.2 Å². The highest BCUT2D eigenvalue weighted by molar-refractivity contribution is 7.89. The van der Waals surface area contributed by atoms with Crippen LogP contribution < -0.4 is 10.5 Å². The zero-order chi connectivity index (χ0) is 15.1. The molecule has 0 radical (unpaired) electrons. The van der Waals surface area contributed by atoms with Gasteiger partial charge in [-0.2, -0.15) is 0 Å². The van der Waals surface area contributed by atoms with Crippen molar-refractivity contribution in [3.63, 3.8) is 0 Å². The first-order valence-corrected chi connectivity index (χ1v) is 8.09. The molecule has 1 aromatic carbocycles. The molecule has 0 spiro atoms. The van der Waals surface area contributed by atoms with E-state index in [9.17, 15) is 13.2 Å². The van der Waals surface area contributed by atoms with Crippen molar-refractivity contribution in [1.29, 1.82) is 0 Å². The van der Waals surface area contributed by atoms with Gasteiger partial charge in [-0.25, -0.2) is 13.6 Å². The average molecular weight is 296 g/mol. The lowest BCUT2D eigenvalue weighted by molar-refractivity contribution is -0.123. The van der Waals surface area contributed by atoms with Crippen molar-refractivity contribution in [2.45, 2.75) is 38.1 Å². The standard InChI is InChI=1S/C14H20N2O3S/c1-9(16-13(17)12-8-14(12,2)3)10-4-6-11(7-5-10)20(15,18)19/h4-7,9,12H,8H2,1-3H3,(H,16,17)(H2,15,18,19). The third-order valence-corrected chi connectivity index (χ3v) is 4.83. The van der Waals surface area contributed by atoms with Crippen molar-refractivity contribution < 1.29 is 13.2 Å². The average Bonchev–Trinajstić information content (AvgIpc) is 2.97. The molecule has 1 fully saturated rings. The summed E-state index contributed by atoms with van der Waals surface area (Å²) in [5, 5.41) is 8.00. The van der Waals surface area contributed by atoms with Gasteiger partial charge >= 0.3 is 0 Å². The number of amides is 1. The lowest BCUT2D eigenvalue weighted by Gasteiger charge is -2.15. The number of carbonyl (C=O) groups excluding carboxylic acids is 1. The number of hydrogen-bond donors (Lipinski definition) is 2. The molecule has 3 N–H and O–H groups in total. The van der Waals surface area contributed by atoms with Crippen molar-refractivity contribution >= 4 is 15.9 Å². The van der Waals surface area contributed by atoms with E-state index in [1.807, 2.05) is 6.92 Å². The summed E-state index contributed by atoms with van der Waals surface area (Å²) in [6.07, 6.45) is 0.913. The Labute approximate surface area is 119 Å². The van der Waals surface area contributed by atoms with E-state index < -0.39 is 10.0 Å². The summed E-state index contributed by atoms with van der Waals surface area (Å²) >= 11 is 0. The van der Waals surface area contributed by atoms with Crippen LogP contribution in [0.2, 0.25) is 0 Å². The molecule has 0 aromatic heterocycles. The molecule has 1 aliphatic carbocycles. The Balaban J connectivity index is 2.03. The second-order valence-electron chi connectivity index (χ2n) is 6.09. The van der Waals surface area contributed by atoms with Gasteiger partial charge in [0.1, 0.15) is 0 Å². The number of hydrogen-bond acceptors (Lipinski definition) is 3. The van der Waals surface area contributed by atoms with E-state index in [4.69, 9.17) is 5.14 Å². The molecule has 0 saturated heterocycles. The van der Waals surface area contributed by atoms with Crippen LogP contribution in [0, 0.1) is 11.3 Å². The van der Waals surface area contributed by atoms with Gasteiger partial charge in [0, 0.05) is 5.92 Å². The van der Waals surface area contributed by atoms with E-state index in [0.29, 0.717) is 0 Å². The van der Waals surface area contributed by atoms with Crippen LogP contribution in [0.25, 0.3) is 0 Å². The maximum Gasteiger partial charge on any atom is 0.238 e. The molecule has 1 amide bonds. The van der Waals surface area contributed by atoms with E-state index in [1.54, 1.807) is 12.1 Å². The minimum Gasteiger partial charge on any atom is -0.349 e. The highest BCUT2D eigenvalue weighted by atomic mass is 32.2. The van der Waals surface area contributed by atoms with Crippen LogP contribution in [0.5, 0.6) is 0 Å². The lowest BCUT2D eigenvalue weighted by atomic mass is 10.1. The molecule has 1 aromatic rings. The summed E-state index contributed by atoms with van der Waals surface area (Å²) in [4.78, 5) is 12.1. The molecule has 0 bridgehead atoms. The molecular formula is C14H20N2O3S. The molecule has 1 saturated carbocycles. The Bertz CT molecular complexity index is 620. The van der Waals surface area contributed by atoms with E-state index in [-0.39, 0.29) is 28.2 Å². The lowest BCUT2D eigenvalue weighted by Crippen LogP contribution is -2.29. The number of benzene rings is 1. The maximum absolute atomic E-state index is 12.0. The maximum atomic E-state index is 12.0. The van der Waals surface area contributed by atoms with Gasteiger partial charge < -0.3 is 5.32 Å². The van der Waals surface area contributed by atoms with Crippen LogP contribution in [-0.4, -0.2) is 14.3 Å². The molecule has 2 rings (SSSR count). The second-order valence-corrected chi connectivity index (χ2v) is 7.65. The first kappa shape index (κ1) is 15.0. The molecule has 2 unspecified atom stereocenters. The highest BCUT2D eigenvalue weighted by Gasteiger charge is 2.50. The van der Waals surface area contributed by atoms with E-state index in [2.05, 4.69) is 19.2 Å². The van der Waals surface area contributed by atoms with Gasteiger partial charge in [0.15, 0.2) is 0 Å². The molecule has 2 atom stereocenters. The van der Waals surface area contributed by atoms with Crippen LogP contribution in [0.3, 0.4) is 0 Å². The Morgan fingerprint density at radius 1 is 1.35 bits per heavy atom. The highest BCUT2D eigenvalue weighted by Crippen LogP contribution is 2.51. The Hall–Kier alpha value is -1.40. The Morgan fingerprint density at radius 2 is 1.85 bits per heavy atom. The van der Waals surface area contributed by atoms with Gasteiger partial charge in [0.2, 0.25) is 15.9 Å². The number of primary sulfonamides is 1. The second kappa shape index (κ2) is 4.86. The fourth-order valence-corrected chi connectivity index (χ4v) is 2.77. The van der Waals surface area contributed by atoms with E-state index in [1.165, 1.54) is 12.1 Å². The van der Waals surface area contributed by atoms with Gasteiger partial charge in [-0.15, -0.1) is 0 Å². The topological polar surface area (TPSA) is 89.3 Å². The first-order chi connectivity index (χ1) is 9.11. The molecule has 0 aliphatic heterocycles. The molecule has 110 valence electrons. The number of carbonyl (C=O) groups is 1. The molecule has 0 heterocycles. The Kier molecular flexibility index (Phi) is 3.64. The minimum absolute atomic E-state index is 0.0537. The monoisotopic (exact) mass is 296 g/mol. The summed E-state index contributed by atoms with van der Waals surface area (Å²) in [5.41, 5.74) is 0.950. The SMILES string of the molecule is CC(NC(=O)C1CC1(C)C)c1ccc(S(N)(=O)=O)cc1. The molecule has 20 heavy (non-hydrogen) atoms. The third kappa shape index (κ3) is 3.19. The van der Waals surface area contributed by atoms with Crippen LogP contribution in [-0.2, 0) is 14.8 Å². The van der Waals surface area contributed by atoms with Crippen molar-refractivity contribution in [2.75, 3.05) is 0 Å². The smallest absolute Gasteiger partial charge is 0.238 e. The van der Waals surface area contributed by atoms with E-state index >= 15 is 0 Å². The van der Waals surface area contributed by atoms with Gasteiger partial charge in [-0.05, 0) is 36.5 Å². The van der Waals surface area contributed by atoms with Gasteiger partial charge in [0.05, 0.1) is 10.9 Å². The minimum atomic E-state index is -3.67. The van der Waals surface area contributed by atoms with Crippen LogP contribution in [0.4, 0.5) is 0 Å². The van der Waals surface area contributed by atoms with Crippen molar-refractivity contribution in [3.05, 3.63) is 29.8 Å². The normalized spacial score (nSPS) is 22.1. The number of nitrogens with two attached hydrogens (primary N) is 1. The van der Waals surface area contributed by atoms with Crippen LogP contribution >= 0.6 is 0 Å². The first-order valence-electron chi connectivity index (χ1n) is 6.54. The zero-order valence-electron chi connectivity index (χ0n) is 11.9. The summed E-state index contributed by atoms with van der Waals surface area (Å²) in [6, 6.07) is 6.09. The summed E-state index contributed by atoms with van der Waals surface area (Å²) in [5.74, 6) is 0.131.